The largest absolute Gasteiger partial charge is 0.469 e. The molecule has 1 heterocycles. The van der Waals surface area contributed by atoms with Gasteiger partial charge in [-0.2, -0.15) is 0 Å². The average molecular weight is 291 g/mol. The third-order valence-electron chi connectivity index (χ3n) is 4.15. The summed E-state index contributed by atoms with van der Waals surface area (Å²) in [7, 11) is 1.32. The first-order valence-electron chi connectivity index (χ1n) is 7.00. The van der Waals surface area contributed by atoms with Crippen LogP contribution in [0, 0.1) is 17.8 Å². The van der Waals surface area contributed by atoms with E-state index in [1.54, 1.807) is 13.8 Å². The van der Waals surface area contributed by atoms with Crippen LogP contribution < -0.4 is 5.73 Å². The molecular formula is C16H21NO4. The predicted molar refractivity (Wildman–Crippen MR) is 77.0 cm³/mol. The highest BCUT2D eigenvalue weighted by molar-refractivity contribution is 5.80. The Balaban J connectivity index is 2.35. The van der Waals surface area contributed by atoms with Crippen LogP contribution in [0.25, 0.3) is 0 Å². The van der Waals surface area contributed by atoms with Crippen LogP contribution in [0.5, 0.6) is 0 Å². The molecule has 1 aromatic rings. The fraction of sp³-hybridized carbons (Fsp3) is 0.500. The molecule has 1 aliphatic rings. The van der Waals surface area contributed by atoms with Crippen molar-refractivity contribution in [3.8, 4) is 0 Å². The van der Waals surface area contributed by atoms with Gasteiger partial charge in [0.25, 0.3) is 0 Å². The second-order valence-corrected chi connectivity index (χ2v) is 5.75. The number of rotatable bonds is 3. The number of nitrogens with two attached hydrogens (primary N) is 1. The molecule has 0 aliphatic carbocycles. The smallest absolute Gasteiger partial charge is 0.314 e. The van der Waals surface area contributed by atoms with Crippen molar-refractivity contribution in [2.75, 3.05) is 7.11 Å². The van der Waals surface area contributed by atoms with Crippen LogP contribution in [-0.2, 0) is 25.5 Å². The van der Waals surface area contributed by atoms with E-state index in [1.165, 1.54) is 7.11 Å². The Hall–Kier alpha value is -1.88. The maximum Gasteiger partial charge on any atom is 0.314 e. The lowest BCUT2D eigenvalue weighted by Gasteiger charge is -2.43. The fourth-order valence-corrected chi connectivity index (χ4v) is 2.98. The van der Waals surface area contributed by atoms with Crippen LogP contribution in [0.15, 0.2) is 30.3 Å². The van der Waals surface area contributed by atoms with Gasteiger partial charge in [-0.3, -0.25) is 15.3 Å². The molecule has 0 radical (unpaired) electrons. The monoisotopic (exact) mass is 291 g/mol. The first-order chi connectivity index (χ1) is 9.86. The first kappa shape index (κ1) is 15.5. The van der Waals surface area contributed by atoms with Crippen molar-refractivity contribution in [3.63, 3.8) is 0 Å². The minimum Gasteiger partial charge on any atom is -0.469 e. The third kappa shape index (κ3) is 3.08. The standard InChI is InChI=1S/C16H21NO4/c1-10-12(9-11-7-5-4-6-8-11)13(15(19)20-3)16(2,17)21-14(10)18/h4-8,10,12-13H,9,17H2,1-3H3. The van der Waals surface area contributed by atoms with E-state index in [2.05, 4.69) is 0 Å². The lowest BCUT2D eigenvalue weighted by Crippen LogP contribution is -2.60. The second-order valence-electron chi connectivity index (χ2n) is 5.75. The molecule has 114 valence electrons. The van der Waals surface area contributed by atoms with Crippen molar-refractivity contribution in [2.45, 2.75) is 26.0 Å². The molecule has 5 nitrogen and oxygen atoms in total. The van der Waals surface area contributed by atoms with Gasteiger partial charge in [0.15, 0.2) is 5.72 Å². The van der Waals surface area contributed by atoms with Gasteiger partial charge in [0.2, 0.25) is 0 Å². The number of cyclic esters (lactones) is 1. The third-order valence-corrected chi connectivity index (χ3v) is 4.15. The number of hydrogen-bond donors (Lipinski definition) is 1. The van der Waals surface area contributed by atoms with Crippen LogP contribution in [0.4, 0.5) is 0 Å². The minimum absolute atomic E-state index is 0.254. The van der Waals surface area contributed by atoms with E-state index in [4.69, 9.17) is 15.2 Å². The van der Waals surface area contributed by atoms with Crippen molar-refractivity contribution >= 4 is 11.9 Å². The Bertz CT molecular complexity index is 526. The molecule has 4 unspecified atom stereocenters. The Morgan fingerprint density at radius 1 is 1.38 bits per heavy atom. The number of benzene rings is 1. The summed E-state index contributed by atoms with van der Waals surface area (Å²) in [4.78, 5) is 24.2. The number of esters is 2. The van der Waals surface area contributed by atoms with E-state index in [-0.39, 0.29) is 11.9 Å². The molecule has 2 rings (SSSR count). The van der Waals surface area contributed by atoms with Gasteiger partial charge in [0.1, 0.15) is 5.92 Å². The van der Waals surface area contributed by atoms with Gasteiger partial charge in [-0.05, 0) is 24.8 Å². The highest BCUT2D eigenvalue weighted by atomic mass is 16.6. The summed E-state index contributed by atoms with van der Waals surface area (Å²) in [6.45, 7) is 3.32. The molecule has 4 atom stereocenters. The number of methoxy groups -OCH3 is 1. The molecule has 0 aromatic heterocycles. The molecule has 0 amide bonds. The van der Waals surface area contributed by atoms with E-state index < -0.39 is 23.5 Å². The SMILES string of the molecule is COC(=O)C1C(Cc2ccccc2)C(C)C(=O)OC1(C)N. The van der Waals surface area contributed by atoms with Crippen LogP contribution in [-0.4, -0.2) is 24.8 Å². The summed E-state index contributed by atoms with van der Waals surface area (Å²) in [5.41, 5.74) is 5.75. The molecular weight excluding hydrogens is 270 g/mol. The van der Waals surface area contributed by atoms with Crippen LogP contribution >= 0.6 is 0 Å². The summed E-state index contributed by atoms with van der Waals surface area (Å²) in [6, 6.07) is 9.71. The summed E-state index contributed by atoms with van der Waals surface area (Å²) >= 11 is 0. The molecule has 1 fully saturated rings. The molecule has 0 saturated carbocycles. The summed E-state index contributed by atoms with van der Waals surface area (Å²) < 4.78 is 10.1. The average Bonchev–Trinajstić information content (AvgIpc) is 2.44. The topological polar surface area (TPSA) is 78.6 Å². The molecule has 2 N–H and O–H groups in total. The highest BCUT2D eigenvalue weighted by Crippen LogP contribution is 2.39. The van der Waals surface area contributed by atoms with Crippen molar-refractivity contribution in [1.29, 1.82) is 0 Å². The van der Waals surface area contributed by atoms with Crippen molar-refractivity contribution < 1.29 is 19.1 Å². The van der Waals surface area contributed by atoms with Crippen LogP contribution in [0.3, 0.4) is 0 Å². The van der Waals surface area contributed by atoms with Gasteiger partial charge >= 0.3 is 11.9 Å². The molecule has 5 heteroatoms. The van der Waals surface area contributed by atoms with E-state index in [1.807, 2.05) is 30.3 Å². The molecule has 1 aromatic carbocycles. The Morgan fingerprint density at radius 3 is 2.57 bits per heavy atom. The lowest BCUT2D eigenvalue weighted by atomic mass is 9.72. The van der Waals surface area contributed by atoms with Gasteiger partial charge in [-0.15, -0.1) is 0 Å². The van der Waals surface area contributed by atoms with E-state index in [0.29, 0.717) is 6.42 Å². The Labute approximate surface area is 124 Å². The Kier molecular flexibility index (Phi) is 4.32. The van der Waals surface area contributed by atoms with Crippen LogP contribution in [0.2, 0.25) is 0 Å². The summed E-state index contributed by atoms with van der Waals surface area (Å²) in [5.74, 6) is -2.17. The predicted octanol–water partition coefficient (Wildman–Crippen LogP) is 1.50. The fourth-order valence-electron chi connectivity index (χ4n) is 2.98. The normalized spacial score (nSPS) is 32.4. The Morgan fingerprint density at radius 2 is 2.00 bits per heavy atom. The first-order valence-corrected chi connectivity index (χ1v) is 7.00. The van der Waals surface area contributed by atoms with Gasteiger partial charge in [0.05, 0.1) is 13.0 Å². The number of carbonyl (C=O) groups excluding carboxylic acids is 2. The molecule has 1 aliphatic heterocycles. The van der Waals surface area contributed by atoms with E-state index in [0.717, 1.165) is 5.56 Å². The van der Waals surface area contributed by atoms with Gasteiger partial charge in [-0.25, -0.2) is 0 Å². The van der Waals surface area contributed by atoms with Crippen LogP contribution in [0.1, 0.15) is 19.4 Å². The molecule has 0 spiro atoms. The quantitative estimate of drug-likeness (QED) is 0.854. The zero-order valence-electron chi connectivity index (χ0n) is 12.5. The molecule has 21 heavy (non-hydrogen) atoms. The van der Waals surface area contributed by atoms with Gasteiger partial charge in [-0.1, -0.05) is 37.3 Å². The molecule has 0 bridgehead atoms. The van der Waals surface area contributed by atoms with Gasteiger partial charge < -0.3 is 9.47 Å². The number of ether oxygens (including phenoxy) is 2. The van der Waals surface area contributed by atoms with E-state index >= 15 is 0 Å². The number of carbonyl (C=O) groups is 2. The maximum absolute atomic E-state index is 12.1. The zero-order valence-corrected chi connectivity index (χ0v) is 12.5. The van der Waals surface area contributed by atoms with Crippen molar-refractivity contribution in [1.82, 2.24) is 0 Å². The molecule has 1 saturated heterocycles. The maximum atomic E-state index is 12.1. The highest BCUT2D eigenvalue weighted by Gasteiger charge is 2.53. The minimum atomic E-state index is -1.35. The second kappa shape index (κ2) is 5.85. The van der Waals surface area contributed by atoms with Crippen molar-refractivity contribution in [2.24, 2.45) is 23.5 Å². The zero-order chi connectivity index (χ0) is 15.6. The lowest BCUT2D eigenvalue weighted by molar-refractivity contribution is -0.197. The van der Waals surface area contributed by atoms with Gasteiger partial charge in [0, 0.05) is 0 Å². The number of hydrogen-bond acceptors (Lipinski definition) is 5. The van der Waals surface area contributed by atoms with Crippen molar-refractivity contribution in [3.05, 3.63) is 35.9 Å². The summed E-state index contributed by atoms with van der Waals surface area (Å²) in [5, 5.41) is 0. The summed E-state index contributed by atoms with van der Waals surface area (Å²) in [6.07, 6.45) is 0.573. The van der Waals surface area contributed by atoms with E-state index in [9.17, 15) is 9.59 Å².